The van der Waals surface area contributed by atoms with E-state index < -0.39 is 23.8 Å². The number of carbonyl (C=O) groups excluding carboxylic acids is 3. The first-order valence-corrected chi connectivity index (χ1v) is 11.9. The minimum atomic E-state index is -0.813. The fourth-order valence-electron chi connectivity index (χ4n) is 3.73. The van der Waals surface area contributed by atoms with E-state index in [2.05, 4.69) is 17.6 Å². The highest BCUT2D eigenvalue weighted by molar-refractivity contribution is 5.92. The number of carbonyl (C=O) groups is 3. The molecule has 7 heteroatoms. The molecule has 1 aromatic rings. The van der Waals surface area contributed by atoms with Crippen molar-refractivity contribution in [3.63, 3.8) is 0 Å². The molecule has 3 unspecified atom stereocenters. The van der Waals surface area contributed by atoms with Gasteiger partial charge in [0.1, 0.15) is 17.7 Å². The fraction of sp³-hybridized carbons (Fsp3) is 0.654. The highest BCUT2D eigenvalue weighted by atomic mass is 16.6. The summed E-state index contributed by atoms with van der Waals surface area (Å²) in [7, 11) is 1.61. The van der Waals surface area contributed by atoms with Crippen LogP contribution in [0.25, 0.3) is 0 Å². The van der Waals surface area contributed by atoms with Crippen molar-refractivity contribution in [1.29, 1.82) is 0 Å². The number of benzene rings is 1. The van der Waals surface area contributed by atoms with Gasteiger partial charge in [-0.15, -0.1) is 0 Å². The minimum Gasteiger partial charge on any atom is -0.444 e. The van der Waals surface area contributed by atoms with Crippen LogP contribution in [-0.2, 0) is 14.3 Å². The highest BCUT2D eigenvalue weighted by Crippen LogP contribution is 2.23. The van der Waals surface area contributed by atoms with E-state index in [-0.39, 0.29) is 23.8 Å². The Bertz CT molecular complexity index is 801. The molecule has 0 aliphatic carbocycles. The summed E-state index contributed by atoms with van der Waals surface area (Å²) in [5, 5.41) is 5.76. The average Bonchev–Trinajstić information content (AvgIpc) is 2.65. The first kappa shape index (κ1) is 28.5. The van der Waals surface area contributed by atoms with Crippen LogP contribution >= 0.6 is 0 Å². The zero-order valence-electron chi connectivity index (χ0n) is 21.8. The first-order chi connectivity index (χ1) is 15.2. The zero-order chi connectivity index (χ0) is 25.3. The SMILES string of the molecule is CCCC(C)NC(=O)C(c1cccc(C)c1)N(C)C(=O)C(CC(C)C)NC(=O)OC(C)(C)C. The van der Waals surface area contributed by atoms with E-state index in [4.69, 9.17) is 4.74 Å². The van der Waals surface area contributed by atoms with Crippen molar-refractivity contribution in [1.82, 2.24) is 15.5 Å². The van der Waals surface area contributed by atoms with Crippen molar-refractivity contribution in [3.05, 3.63) is 35.4 Å². The summed E-state index contributed by atoms with van der Waals surface area (Å²) < 4.78 is 5.37. The van der Waals surface area contributed by atoms with Crippen LogP contribution in [0.5, 0.6) is 0 Å². The van der Waals surface area contributed by atoms with E-state index >= 15 is 0 Å². The summed E-state index contributed by atoms with van der Waals surface area (Å²) in [5.41, 5.74) is 1.05. The quantitative estimate of drug-likeness (QED) is 0.527. The van der Waals surface area contributed by atoms with Crippen molar-refractivity contribution in [2.45, 2.75) is 98.4 Å². The van der Waals surface area contributed by atoms with E-state index in [1.165, 1.54) is 4.90 Å². The third-order valence-electron chi connectivity index (χ3n) is 5.15. The first-order valence-electron chi connectivity index (χ1n) is 11.9. The number of likely N-dealkylation sites (N-methyl/N-ethyl adjacent to an activating group) is 1. The van der Waals surface area contributed by atoms with E-state index in [0.717, 1.165) is 24.0 Å². The Morgan fingerprint density at radius 3 is 2.24 bits per heavy atom. The molecule has 2 N–H and O–H groups in total. The number of nitrogens with one attached hydrogen (secondary N) is 2. The van der Waals surface area contributed by atoms with Crippen LogP contribution in [0.1, 0.15) is 84.9 Å². The Labute approximate surface area is 199 Å². The van der Waals surface area contributed by atoms with Crippen molar-refractivity contribution in [3.8, 4) is 0 Å². The Morgan fingerprint density at radius 1 is 1.09 bits per heavy atom. The topological polar surface area (TPSA) is 87.7 Å². The lowest BCUT2D eigenvalue weighted by molar-refractivity contribution is -0.141. The largest absolute Gasteiger partial charge is 0.444 e. The molecule has 0 bridgehead atoms. The average molecular weight is 462 g/mol. The van der Waals surface area contributed by atoms with Gasteiger partial charge < -0.3 is 20.3 Å². The van der Waals surface area contributed by atoms with Gasteiger partial charge in [-0.05, 0) is 58.9 Å². The third-order valence-corrected chi connectivity index (χ3v) is 5.15. The molecule has 1 aromatic carbocycles. The third kappa shape index (κ3) is 9.84. The van der Waals surface area contributed by atoms with Crippen LogP contribution in [0.15, 0.2) is 24.3 Å². The highest BCUT2D eigenvalue weighted by Gasteiger charge is 2.34. The van der Waals surface area contributed by atoms with Crippen LogP contribution < -0.4 is 10.6 Å². The predicted molar refractivity (Wildman–Crippen MR) is 132 cm³/mol. The molecule has 186 valence electrons. The Kier molecular flexibility index (Phi) is 10.9. The van der Waals surface area contributed by atoms with Gasteiger partial charge in [-0.1, -0.05) is 57.0 Å². The van der Waals surface area contributed by atoms with Gasteiger partial charge in [0.05, 0.1) is 0 Å². The van der Waals surface area contributed by atoms with Crippen molar-refractivity contribution in [2.24, 2.45) is 5.92 Å². The van der Waals surface area contributed by atoms with Gasteiger partial charge in [-0.25, -0.2) is 4.79 Å². The lowest BCUT2D eigenvalue weighted by Crippen LogP contribution is -2.52. The molecule has 0 saturated carbocycles. The lowest BCUT2D eigenvalue weighted by Gasteiger charge is -2.33. The molecule has 0 aromatic heterocycles. The van der Waals surface area contributed by atoms with E-state index in [1.54, 1.807) is 27.8 Å². The number of alkyl carbamates (subject to hydrolysis) is 1. The van der Waals surface area contributed by atoms with Crippen molar-refractivity contribution < 1.29 is 19.1 Å². The molecule has 0 spiro atoms. The maximum absolute atomic E-state index is 13.6. The minimum absolute atomic E-state index is 0.00957. The molecule has 0 saturated heterocycles. The Morgan fingerprint density at radius 2 is 1.73 bits per heavy atom. The predicted octanol–water partition coefficient (Wildman–Crippen LogP) is 4.74. The molecular formula is C26H43N3O4. The smallest absolute Gasteiger partial charge is 0.408 e. The summed E-state index contributed by atoms with van der Waals surface area (Å²) in [6, 6.07) is 5.96. The van der Waals surface area contributed by atoms with Gasteiger partial charge in [-0.3, -0.25) is 9.59 Å². The normalized spacial score (nSPS) is 14.2. The molecule has 3 amide bonds. The molecule has 1 rings (SSSR count). The number of amides is 3. The lowest BCUT2D eigenvalue weighted by atomic mass is 9.98. The molecule has 0 heterocycles. The van der Waals surface area contributed by atoms with Gasteiger partial charge in [0.25, 0.3) is 0 Å². The number of rotatable bonds is 10. The summed E-state index contributed by atoms with van der Waals surface area (Å²) in [6.07, 6.45) is 1.57. The van der Waals surface area contributed by atoms with Crippen LogP contribution in [0.3, 0.4) is 0 Å². The van der Waals surface area contributed by atoms with E-state index in [0.29, 0.717) is 6.42 Å². The van der Waals surface area contributed by atoms with Crippen molar-refractivity contribution >= 4 is 17.9 Å². The maximum atomic E-state index is 13.6. The monoisotopic (exact) mass is 461 g/mol. The second-order valence-electron chi connectivity index (χ2n) is 10.3. The Hall–Kier alpha value is -2.57. The van der Waals surface area contributed by atoms with Crippen LogP contribution in [0.2, 0.25) is 0 Å². The van der Waals surface area contributed by atoms with Gasteiger partial charge in [0, 0.05) is 13.1 Å². The number of hydrogen-bond acceptors (Lipinski definition) is 4. The zero-order valence-corrected chi connectivity index (χ0v) is 21.8. The van der Waals surface area contributed by atoms with Crippen molar-refractivity contribution in [2.75, 3.05) is 7.05 Å². The molecule has 33 heavy (non-hydrogen) atoms. The van der Waals surface area contributed by atoms with E-state index in [9.17, 15) is 14.4 Å². The molecule has 7 nitrogen and oxygen atoms in total. The summed E-state index contributed by atoms with van der Waals surface area (Å²) in [4.78, 5) is 40.8. The number of aryl methyl sites for hydroxylation is 1. The number of ether oxygens (including phenoxy) is 1. The van der Waals surface area contributed by atoms with Crippen LogP contribution in [-0.4, -0.2) is 47.5 Å². The summed E-state index contributed by atoms with van der Waals surface area (Å²) in [6.45, 7) is 15.3. The molecule has 0 fully saturated rings. The molecule has 0 aliphatic rings. The van der Waals surface area contributed by atoms with E-state index in [1.807, 2.05) is 52.0 Å². The van der Waals surface area contributed by atoms with Crippen LogP contribution in [0.4, 0.5) is 4.79 Å². The maximum Gasteiger partial charge on any atom is 0.408 e. The van der Waals surface area contributed by atoms with Gasteiger partial charge in [0.2, 0.25) is 11.8 Å². The van der Waals surface area contributed by atoms with Gasteiger partial charge in [-0.2, -0.15) is 0 Å². The number of hydrogen-bond donors (Lipinski definition) is 2. The molecular weight excluding hydrogens is 418 g/mol. The Balaban J connectivity index is 3.24. The number of nitrogens with zero attached hydrogens (tertiary/aromatic N) is 1. The molecule has 0 radical (unpaired) electrons. The van der Waals surface area contributed by atoms with Gasteiger partial charge in [0.15, 0.2) is 0 Å². The van der Waals surface area contributed by atoms with Gasteiger partial charge >= 0.3 is 6.09 Å². The second-order valence-corrected chi connectivity index (χ2v) is 10.3. The summed E-state index contributed by atoms with van der Waals surface area (Å²) in [5.74, 6) is -0.421. The molecule has 3 atom stereocenters. The fourth-order valence-corrected chi connectivity index (χ4v) is 3.73. The standard InChI is InChI=1S/C26H43N3O4/c1-10-12-19(5)27-23(30)22(20-14-11-13-18(4)16-20)29(9)24(31)21(15-17(2)3)28-25(32)33-26(6,7)8/h11,13-14,16-17,19,21-22H,10,12,15H2,1-9H3,(H,27,30)(H,28,32). The molecule has 0 aliphatic heterocycles. The second kappa shape index (κ2) is 12.6. The summed E-state index contributed by atoms with van der Waals surface area (Å²) >= 11 is 0. The van der Waals surface area contributed by atoms with Crippen LogP contribution in [0, 0.1) is 12.8 Å².